The second-order valence-corrected chi connectivity index (χ2v) is 5.51. The number of halogens is 2. The van der Waals surface area contributed by atoms with Crippen LogP contribution in [0.4, 0.5) is 0 Å². The molecule has 0 saturated heterocycles. The summed E-state index contributed by atoms with van der Waals surface area (Å²) in [7, 11) is 0. The first-order chi connectivity index (χ1) is 8.67. The van der Waals surface area contributed by atoms with Crippen LogP contribution in [-0.2, 0) is 6.42 Å². The van der Waals surface area contributed by atoms with E-state index in [0.29, 0.717) is 6.04 Å². The van der Waals surface area contributed by atoms with Crippen LogP contribution in [0.2, 0.25) is 10.0 Å². The average molecular weight is 288 g/mol. The highest BCUT2D eigenvalue weighted by Gasteiger charge is 2.07. The van der Waals surface area contributed by atoms with Gasteiger partial charge in [0.15, 0.2) is 0 Å². The smallest absolute Gasteiger partial charge is 0.0439 e. The Morgan fingerprint density at radius 1 is 1.17 bits per heavy atom. The van der Waals surface area contributed by atoms with Crippen molar-refractivity contribution in [3.63, 3.8) is 0 Å². The van der Waals surface area contributed by atoms with E-state index in [1.807, 2.05) is 18.2 Å². The van der Waals surface area contributed by atoms with Crippen molar-refractivity contribution in [2.24, 2.45) is 0 Å². The summed E-state index contributed by atoms with van der Waals surface area (Å²) < 4.78 is 0. The third kappa shape index (κ3) is 5.60. The third-order valence-corrected chi connectivity index (χ3v) is 3.74. The summed E-state index contributed by atoms with van der Waals surface area (Å²) in [6, 6.07) is 6.34. The fourth-order valence-electron chi connectivity index (χ4n) is 2.26. The summed E-state index contributed by atoms with van der Waals surface area (Å²) in [4.78, 5) is 0. The monoisotopic (exact) mass is 287 g/mol. The van der Waals surface area contributed by atoms with Crippen LogP contribution in [0.15, 0.2) is 18.2 Å². The molecule has 0 aromatic heterocycles. The maximum atomic E-state index is 6.16. The van der Waals surface area contributed by atoms with Gasteiger partial charge in [-0.25, -0.2) is 0 Å². The Morgan fingerprint density at radius 3 is 2.61 bits per heavy atom. The lowest BCUT2D eigenvalue weighted by molar-refractivity contribution is 0.447. The minimum absolute atomic E-state index is 0.637. The zero-order valence-electron chi connectivity index (χ0n) is 11.3. The van der Waals surface area contributed by atoms with E-state index in [9.17, 15) is 0 Å². The zero-order chi connectivity index (χ0) is 13.4. The Bertz CT molecular complexity index is 346. The summed E-state index contributed by atoms with van der Waals surface area (Å²) in [6.45, 7) is 5.44. The number of hydrogen-bond donors (Lipinski definition) is 1. The van der Waals surface area contributed by atoms with Gasteiger partial charge in [0.1, 0.15) is 0 Å². The van der Waals surface area contributed by atoms with Gasteiger partial charge in [0.2, 0.25) is 0 Å². The Balaban J connectivity index is 2.41. The molecule has 1 aromatic carbocycles. The molecule has 1 aromatic rings. The van der Waals surface area contributed by atoms with Crippen LogP contribution < -0.4 is 5.32 Å². The Kier molecular flexibility index (Phi) is 7.73. The van der Waals surface area contributed by atoms with E-state index < -0.39 is 0 Å². The van der Waals surface area contributed by atoms with Crippen LogP contribution in [-0.4, -0.2) is 12.6 Å². The van der Waals surface area contributed by atoms with Crippen LogP contribution in [0.3, 0.4) is 0 Å². The zero-order valence-corrected chi connectivity index (χ0v) is 12.8. The number of aryl methyl sites for hydroxylation is 1. The van der Waals surface area contributed by atoms with E-state index in [1.165, 1.54) is 19.3 Å². The van der Waals surface area contributed by atoms with Crippen molar-refractivity contribution < 1.29 is 0 Å². The SMILES string of the molecule is CCCC(CCCc1cc(Cl)ccc1Cl)NCC. The standard InChI is InChI=1S/C15H23Cl2N/c1-3-6-14(18-4-2)8-5-7-12-11-13(16)9-10-15(12)17/h9-11,14,18H,3-8H2,1-2H3. The van der Waals surface area contributed by atoms with Crippen molar-refractivity contribution in [2.45, 2.75) is 52.0 Å². The molecule has 0 aliphatic heterocycles. The van der Waals surface area contributed by atoms with Gasteiger partial charge >= 0.3 is 0 Å². The van der Waals surface area contributed by atoms with Crippen LogP contribution >= 0.6 is 23.2 Å². The summed E-state index contributed by atoms with van der Waals surface area (Å²) in [5, 5.41) is 5.13. The fraction of sp³-hybridized carbons (Fsp3) is 0.600. The molecule has 1 nitrogen and oxygen atoms in total. The molecule has 0 aliphatic carbocycles. The maximum absolute atomic E-state index is 6.16. The van der Waals surface area contributed by atoms with Gasteiger partial charge in [-0.15, -0.1) is 0 Å². The molecule has 1 rings (SSSR count). The lowest BCUT2D eigenvalue weighted by Crippen LogP contribution is -2.28. The van der Waals surface area contributed by atoms with E-state index in [2.05, 4.69) is 19.2 Å². The van der Waals surface area contributed by atoms with Gasteiger partial charge < -0.3 is 5.32 Å². The van der Waals surface area contributed by atoms with E-state index in [4.69, 9.17) is 23.2 Å². The molecule has 1 N–H and O–H groups in total. The number of rotatable bonds is 8. The van der Waals surface area contributed by atoms with Gasteiger partial charge in [-0.3, -0.25) is 0 Å². The number of nitrogens with one attached hydrogen (secondary N) is 1. The Morgan fingerprint density at radius 2 is 1.94 bits per heavy atom. The molecule has 18 heavy (non-hydrogen) atoms. The van der Waals surface area contributed by atoms with Crippen molar-refractivity contribution in [1.29, 1.82) is 0 Å². The molecule has 1 atom stereocenters. The molecular formula is C15H23Cl2N. The first-order valence-electron chi connectivity index (χ1n) is 6.84. The first-order valence-corrected chi connectivity index (χ1v) is 7.60. The predicted molar refractivity (Wildman–Crippen MR) is 81.8 cm³/mol. The van der Waals surface area contributed by atoms with Crippen LogP contribution in [0.5, 0.6) is 0 Å². The number of benzene rings is 1. The molecule has 0 radical (unpaired) electrons. The summed E-state index contributed by atoms with van der Waals surface area (Å²) in [5.41, 5.74) is 1.16. The van der Waals surface area contributed by atoms with Crippen molar-refractivity contribution in [3.05, 3.63) is 33.8 Å². The molecule has 0 bridgehead atoms. The topological polar surface area (TPSA) is 12.0 Å². The van der Waals surface area contributed by atoms with Crippen molar-refractivity contribution in [1.82, 2.24) is 5.32 Å². The molecule has 0 spiro atoms. The van der Waals surface area contributed by atoms with Gasteiger partial charge in [0.25, 0.3) is 0 Å². The van der Waals surface area contributed by atoms with Gasteiger partial charge in [-0.05, 0) is 56.0 Å². The van der Waals surface area contributed by atoms with Gasteiger partial charge in [-0.1, -0.05) is 43.5 Å². The largest absolute Gasteiger partial charge is 0.314 e. The molecule has 102 valence electrons. The van der Waals surface area contributed by atoms with Gasteiger partial charge in [0.05, 0.1) is 0 Å². The highest BCUT2D eigenvalue weighted by molar-refractivity contribution is 6.33. The molecule has 3 heteroatoms. The van der Waals surface area contributed by atoms with Gasteiger partial charge in [0, 0.05) is 16.1 Å². The van der Waals surface area contributed by atoms with E-state index in [1.54, 1.807) is 0 Å². The molecule has 0 fully saturated rings. The van der Waals surface area contributed by atoms with Gasteiger partial charge in [-0.2, -0.15) is 0 Å². The third-order valence-electron chi connectivity index (χ3n) is 3.14. The summed E-state index contributed by atoms with van der Waals surface area (Å²) in [6.07, 6.45) is 5.83. The predicted octanol–water partition coefficient (Wildman–Crippen LogP) is 5.09. The average Bonchev–Trinajstić information content (AvgIpc) is 2.34. The molecule has 0 amide bonds. The van der Waals surface area contributed by atoms with E-state index in [-0.39, 0.29) is 0 Å². The molecule has 1 unspecified atom stereocenters. The molecular weight excluding hydrogens is 265 g/mol. The summed E-state index contributed by atoms with van der Waals surface area (Å²) >= 11 is 12.1. The van der Waals surface area contributed by atoms with Crippen molar-refractivity contribution in [3.8, 4) is 0 Å². The normalized spacial score (nSPS) is 12.7. The Hall–Kier alpha value is -0.240. The molecule has 0 aliphatic rings. The minimum atomic E-state index is 0.637. The second-order valence-electron chi connectivity index (χ2n) is 4.67. The molecule has 0 saturated carbocycles. The van der Waals surface area contributed by atoms with Crippen LogP contribution in [0.25, 0.3) is 0 Å². The van der Waals surface area contributed by atoms with E-state index >= 15 is 0 Å². The first kappa shape index (κ1) is 15.8. The molecule has 0 heterocycles. The van der Waals surface area contributed by atoms with Crippen LogP contribution in [0.1, 0.15) is 45.1 Å². The minimum Gasteiger partial charge on any atom is -0.314 e. The second kappa shape index (κ2) is 8.79. The lowest BCUT2D eigenvalue weighted by atomic mass is 10.0. The van der Waals surface area contributed by atoms with Crippen molar-refractivity contribution in [2.75, 3.05) is 6.54 Å². The Labute approximate surface area is 121 Å². The quantitative estimate of drug-likeness (QED) is 0.702. The van der Waals surface area contributed by atoms with Crippen molar-refractivity contribution >= 4 is 23.2 Å². The number of hydrogen-bond acceptors (Lipinski definition) is 1. The lowest BCUT2D eigenvalue weighted by Gasteiger charge is -2.17. The van der Waals surface area contributed by atoms with E-state index in [0.717, 1.165) is 35.0 Å². The van der Waals surface area contributed by atoms with Crippen LogP contribution in [0, 0.1) is 0 Å². The maximum Gasteiger partial charge on any atom is 0.0439 e. The highest BCUT2D eigenvalue weighted by atomic mass is 35.5. The highest BCUT2D eigenvalue weighted by Crippen LogP contribution is 2.22. The fourth-order valence-corrected chi connectivity index (χ4v) is 2.67. The summed E-state index contributed by atoms with van der Waals surface area (Å²) in [5.74, 6) is 0.